The number of ether oxygens (including phenoxy) is 1. The quantitative estimate of drug-likeness (QED) is 0.326. The molecule has 0 bridgehead atoms. The first-order chi connectivity index (χ1) is 20.6. The molecule has 10 nitrogen and oxygen atoms in total. The fourth-order valence-electron chi connectivity index (χ4n) is 7.48. The number of hydrogen-bond donors (Lipinski definition) is 3. The lowest BCUT2D eigenvalue weighted by Crippen LogP contribution is -2.48. The highest BCUT2D eigenvalue weighted by Crippen LogP contribution is 2.60. The fraction of sp³-hybridized carbons (Fsp3) is 0.516. The van der Waals surface area contributed by atoms with Crippen molar-refractivity contribution in [2.45, 2.75) is 50.2 Å². The van der Waals surface area contributed by atoms with Gasteiger partial charge in [-0.1, -0.05) is 19.1 Å². The Bertz CT molecular complexity index is 1420. The van der Waals surface area contributed by atoms with Gasteiger partial charge in [-0.25, -0.2) is 0 Å². The van der Waals surface area contributed by atoms with Crippen LogP contribution in [0.5, 0.6) is 0 Å². The van der Waals surface area contributed by atoms with Crippen molar-refractivity contribution in [2.75, 3.05) is 60.6 Å². The molecule has 4 aliphatic rings. The van der Waals surface area contributed by atoms with E-state index in [2.05, 4.69) is 10.6 Å². The van der Waals surface area contributed by atoms with E-state index in [1.54, 1.807) is 27.8 Å². The van der Waals surface area contributed by atoms with Crippen molar-refractivity contribution in [3.63, 3.8) is 0 Å². The third-order valence-corrected chi connectivity index (χ3v) is 11.9. The molecule has 3 fully saturated rings. The molecule has 6 rings (SSSR count). The van der Waals surface area contributed by atoms with Gasteiger partial charge in [0.2, 0.25) is 20.2 Å². The molecule has 4 aliphatic heterocycles. The maximum atomic E-state index is 15.9. The van der Waals surface area contributed by atoms with Gasteiger partial charge in [0.25, 0.3) is 5.91 Å². The number of piperazine rings is 2. The molecule has 3 N–H and O–H groups in total. The summed E-state index contributed by atoms with van der Waals surface area (Å²) in [6, 6.07) is 13.2. The first-order valence-corrected chi connectivity index (χ1v) is 18.1. The van der Waals surface area contributed by atoms with E-state index < -0.39 is 31.6 Å². The average molecular weight is 610 g/mol. The summed E-state index contributed by atoms with van der Waals surface area (Å²) < 4.78 is 22.6. The van der Waals surface area contributed by atoms with Crippen LogP contribution >= 0.6 is 0 Å². The van der Waals surface area contributed by atoms with E-state index in [1.807, 2.05) is 49.4 Å². The number of aliphatic hydroxyl groups is 1. The zero-order valence-electron chi connectivity index (χ0n) is 24.9. The Morgan fingerprint density at radius 3 is 2.16 bits per heavy atom. The van der Waals surface area contributed by atoms with Crippen LogP contribution in [-0.4, -0.2) is 83.2 Å². The van der Waals surface area contributed by atoms with Crippen molar-refractivity contribution >= 4 is 43.2 Å². The summed E-state index contributed by atoms with van der Waals surface area (Å²) in [5, 5.41) is 16.0. The Morgan fingerprint density at radius 2 is 1.58 bits per heavy atom. The van der Waals surface area contributed by atoms with E-state index in [9.17, 15) is 19.5 Å². The molecule has 2 aromatic carbocycles. The fourth-order valence-corrected chi connectivity index (χ4v) is 10.0. The minimum atomic E-state index is -3.33. The van der Waals surface area contributed by atoms with Crippen LogP contribution in [0.4, 0.5) is 21.2 Å². The zero-order chi connectivity index (χ0) is 30.5. The number of hydrogen-bond acceptors (Lipinski definition) is 7. The molecule has 0 saturated carbocycles. The summed E-state index contributed by atoms with van der Waals surface area (Å²) >= 11 is 0. The number of rotatable bonds is 7. The van der Waals surface area contributed by atoms with Crippen molar-refractivity contribution in [2.24, 2.45) is 5.92 Å². The van der Waals surface area contributed by atoms with Crippen LogP contribution in [0.3, 0.4) is 0 Å². The van der Waals surface area contributed by atoms with Crippen LogP contribution in [0, 0.1) is 5.92 Å². The maximum Gasteiger partial charge on any atom is 0.264 e. The largest absolute Gasteiger partial charge is 0.396 e. The minimum absolute atomic E-state index is 0.0158. The van der Waals surface area contributed by atoms with Crippen LogP contribution in [0.2, 0.25) is 18.6 Å². The number of anilines is 3. The molecule has 230 valence electrons. The molecule has 4 atom stereocenters. The van der Waals surface area contributed by atoms with Gasteiger partial charge in [-0.15, -0.1) is 0 Å². The summed E-state index contributed by atoms with van der Waals surface area (Å²) in [5.41, 5.74) is 1.74. The summed E-state index contributed by atoms with van der Waals surface area (Å²) in [7, 11) is -3.33. The molecule has 12 heteroatoms. The number of benzene rings is 2. The molecule has 4 heterocycles. The van der Waals surface area contributed by atoms with Gasteiger partial charge in [-0.05, 0) is 55.4 Å². The van der Waals surface area contributed by atoms with Crippen LogP contribution in [0.25, 0.3) is 0 Å². The average Bonchev–Trinajstić information content (AvgIpc) is 3.40. The number of halogens is 1. The lowest BCUT2D eigenvalue weighted by atomic mass is 9.82. The Balaban J connectivity index is 1.39. The molecule has 3 amide bonds. The molecule has 0 radical (unpaired) electrons. The monoisotopic (exact) mass is 609 g/mol. The highest BCUT2D eigenvalue weighted by Gasteiger charge is 2.66. The Hall–Kier alpha value is -3.16. The molecular formula is C31H40FN5O5Si. The Kier molecular flexibility index (Phi) is 7.92. The third kappa shape index (κ3) is 5.08. The molecule has 0 unspecified atom stereocenters. The van der Waals surface area contributed by atoms with Gasteiger partial charge in [0.15, 0.2) is 5.60 Å². The van der Waals surface area contributed by atoms with Crippen LogP contribution < -0.4 is 25.3 Å². The molecule has 43 heavy (non-hydrogen) atoms. The number of carbonyl (C=O) groups is 3. The molecule has 1 spiro atoms. The summed E-state index contributed by atoms with van der Waals surface area (Å²) in [5.74, 6) is -0.786. The number of fused-ring (bicyclic) bond motifs is 2. The van der Waals surface area contributed by atoms with Crippen molar-refractivity contribution in [3.8, 4) is 0 Å². The number of aliphatic hydroxyl groups excluding tert-OH is 1. The molecule has 0 aliphatic carbocycles. The van der Waals surface area contributed by atoms with E-state index in [-0.39, 0.29) is 43.8 Å². The van der Waals surface area contributed by atoms with Gasteiger partial charge in [0.05, 0.1) is 31.4 Å². The van der Waals surface area contributed by atoms with Gasteiger partial charge in [0.1, 0.15) is 0 Å². The SMILES string of the molecule is C[C@H]1[C@H]([Si](C)(C)F)[C@@H](CCO)O[C@]12C(=O)N(Cc1ccc(N3CCNCC3=O)cc1)c1ccc(N3CCNCC3=O)cc12. The van der Waals surface area contributed by atoms with Gasteiger partial charge >= 0.3 is 0 Å². The highest BCUT2D eigenvalue weighted by atomic mass is 28.4. The number of nitrogens with zero attached hydrogens (tertiary/aromatic N) is 3. The van der Waals surface area contributed by atoms with E-state index in [4.69, 9.17) is 4.74 Å². The summed E-state index contributed by atoms with van der Waals surface area (Å²) in [4.78, 5) is 44.9. The lowest BCUT2D eigenvalue weighted by molar-refractivity contribution is -0.146. The first-order valence-electron chi connectivity index (χ1n) is 15.1. The van der Waals surface area contributed by atoms with Crippen molar-refractivity contribution in [3.05, 3.63) is 53.6 Å². The van der Waals surface area contributed by atoms with Gasteiger partial charge < -0.3 is 39.3 Å². The predicted molar refractivity (Wildman–Crippen MR) is 164 cm³/mol. The summed E-state index contributed by atoms with van der Waals surface area (Å²) in [6.07, 6.45) is -0.370. The Morgan fingerprint density at radius 1 is 0.977 bits per heavy atom. The standard InChI is InChI=1S/C31H40FN5O5Si/c1-20-29(43(2,3)32)26(10-15-38)42-31(20)24-16-23(36-14-12-34-18-28(36)40)8-9-25(24)37(30(31)41)19-21-4-6-22(7-5-21)35-13-11-33-17-27(35)39/h4-9,16,20,26,29,33-34,38H,10-15,17-19H2,1-3H3/t20-,26+,29-,31+/m0/s1. The zero-order valence-corrected chi connectivity index (χ0v) is 25.9. The molecule has 0 aromatic heterocycles. The van der Waals surface area contributed by atoms with Crippen LogP contribution in [0.1, 0.15) is 24.5 Å². The second kappa shape index (κ2) is 11.4. The van der Waals surface area contributed by atoms with E-state index >= 15 is 4.11 Å². The van der Waals surface area contributed by atoms with Crippen molar-refractivity contribution < 1.29 is 28.3 Å². The van der Waals surface area contributed by atoms with E-state index in [1.165, 1.54) is 0 Å². The topological polar surface area (TPSA) is 114 Å². The van der Waals surface area contributed by atoms with E-state index in [0.29, 0.717) is 43.1 Å². The Labute approximate surface area is 252 Å². The maximum absolute atomic E-state index is 15.9. The van der Waals surface area contributed by atoms with Gasteiger partial charge in [0, 0.05) is 61.2 Å². The number of nitrogens with one attached hydrogen (secondary N) is 2. The van der Waals surface area contributed by atoms with Gasteiger partial charge in [-0.2, -0.15) is 0 Å². The third-order valence-electron chi connectivity index (χ3n) is 9.44. The van der Waals surface area contributed by atoms with E-state index in [0.717, 1.165) is 17.8 Å². The van der Waals surface area contributed by atoms with Gasteiger partial charge in [-0.3, -0.25) is 14.4 Å². The summed E-state index contributed by atoms with van der Waals surface area (Å²) in [6.45, 7) is 8.28. The van der Waals surface area contributed by atoms with Crippen LogP contribution in [0.15, 0.2) is 42.5 Å². The number of carbonyl (C=O) groups excluding carboxylic acids is 3. The normalized spacial score (nSPS) is 27.9. The van der Waals surface area contributed by atoms with Crippen LogP contribution in [-0.2, 0) is 31.3 Å². The number of amides is 3. The second-order valence-electron chi connectivity index (χ2n) is 12.5. The smallest absolute Gasteiger partial charge is 0.264 e. The predicted octanol–water partition coefficient (Wildman–Crippen LogP) is 2.26. The molecular weight excluding hydrogens is 569 g/mol. The second-order valence-corrected chi connectivity index (χ2v) is 16.3. The first kappa shape index (κ1) is 29.9. The minimum Gasteiger partial charge on any atom is -0.396 e. The highest BCUT2D eigenvalue weighted by molar-refractivity contribution is 6.72. The molecule has 3 saturated heterocycles. The lowest BCUT2D eigenvalue weighted by Gasteiger charge is -2.32. The van der Waals surface area contributed by atoms with Crippen molar-refractivity contribution in [1.82, 2.24) is 10.6 Å². The molecule has 2 aromatic rings. The van der Waals surface area contributed by atoms with Crippen molar-refractivity contribution in [1.29, 1.82) is 0 Å².